The summed E-state index contributed by atoms with van der Waals surface area (Å²) in [5, 5.41) is 14.5. The van der Waals surface area contributed by atoms with Crippen LogP contribution in [0.25, 0.3) is 0 Å². The average Bonchev–Trinajstić information content (AvgIpc) is 2.74. The summed E-state index contributed by atoms with van der Waals surface area (Å²) in [5.41, 5.74) is 0. The molecule has 0 bridgehead atoms. The van der Waals surface area contributed by atoms with E-state index >= 15 is 0 Å². The first kappa shape index (κ1) is 29.4. The quantitative estimate of drug-likeness (QED) is 0.154. The van der Waals surface area contributed by atoms with E-state index in [4.69, 9.17) is 14.2 Å². The number of carboxylic acids is 1. The molecule has 0 saturated carbocycles. The second-order valence-electron chi connectivity index (χ2n) is 6.80. The number of unbranched alkanes of at least 4 members (excludes halogenated alkanes) is 1. The highest BCUT2D eigenvalue weighted by atomic mass is 79.9. The molecule has 0 aromatic carbocycles. The molecule has 0 rings (SSSR count). The highest BCUT2D eigenvalue weighted by Crippen LogP contribution is 2.01. The normalized spacial score (nSPS) is 11.7. The first-order valence-corrected chi connectivity index (χ1v) is 11.6. The molecule has 2 amide bonds. The number of amides is 2. The van der Waals surface area contributed by atoms with Gasteiger partial charge in [0.1, 0.15) is 19.3 Å². The van der Waals surface area contributed by atoms with Crippen molar-refractivity contribution in [1.82, 2.24) is 10.6 Å². The molecule has 0 aromatic heterocycles. The maximum atomic E-state index is 11.8. The lowest BCUT2D eigenvalue weighted by Crippen LogP contribution is -2.42. The maximum Gasteiger partial charge on any atom is 0.326 e. The third-order valence-electron chi connectivity index (χ3n) is 3.96. The summed E-state index contributed by atoms with van der Waals surface area (Å²) < 4.78 is 15.7. The molecule has 0 saturated heterocycles. The summed E-state index contributed by atoms with van der Waals surface area (Å²) in [6, 6.07) is -1.00. The molecule has 0 aliphatic carbocycles. The van der Waals surface area contributed by atoms with E-state index in [-0.39, 0.29) is 49.9 Å². The van der Waals surface area contributed by atoms with Crippen LogP contribution in [0.15, 0.2) is 0 Å². The standard InChI is InChI=1S/C20H35BrN2O8/c1-2-9-30-14-16(24)6-5-10-29-11-12-31-15-19(26)23-17(20(27)28)7-3-4-8-22-18(25)13-21/h17H,2-15H2,1H3,(H,22,25)(H,23,26)(H,27,28)/t17-/m1/s1. The van der Waals surface area contributed by atoms with Crippen molar-refractivity contribution in [2.45, 2.75) is 51.5 Å². The minimum atomic E-state index is -1.11. The van der Waals surface area contributed by atoms with Gasteiger partial charge in [-0.2, -0.15) is 0 Å². The van der Waals surface area contributed by atoms with Gasteiger partial charge in [-0.05, 0) is 32.1 Å². The van der Waals surface area contributed by atoms with Crippen LogP contribution in [0.4, 0.5) is 0 Å². The lowest BCUT2D eigenvalue weighted by Gasteiger charge is -2.14. The zero-order valence-corrected chi connectivity index (χ0v) is 19.7. The lowest BCUT2D eigenvalue weighted by atomic mass is 10.1. The topological polar surface area (TPSA) is 140 Å². The monoisotopic (exact) mass is 510 g/mol. The number of hydrogen-bond acceptors (Lipinski definition) is 7. The number of carbonyl (C=O) groups excluding carboxylic acids is 3. The van der Waals surface area contributed by atoms with E-state index in [0.717, 1.165) is 6.42 Å². The van der Waals surface area contributed by atoms with Crippen LogP contribution in [-0.4, -0.2) is 86.2 Å². The predicted molar refractivity (Wildman–Crippen MR) is 117 cm³/mol. The van der Waals surface area contributed by atoms with E-state index in [1.165, 1.54) is 0 Å². The lowest BCUT2D eigenvalue weighted by molar-refractivity contribution is -0.142. The molecule has 0 unspecified atom stereocenters. The fourth-order valence-corrected chi connectivity index (χ4v) is 2.60. The Morgan fingerprint density at radius 2 is 1.61 bits per heavy atom. The molecule has 10 nitrogen and oxygen atoms in total. The number of aliphatic carboxylic acids is 1. The van der Waals surface area contributed by atoms with Crippen molar-refractivity contribution in [1.29, 1.82) is 0 Å². The molecule has 0 heterocycles. The van der Waals surface area contributed by atoms with Crippen LogP contribution >= 0.6 is 15.9 Å². The van der Waals surface area contributed by atoms with Crippen molar-refractivity contribution in [3.05, 3.63) is 0 Å². The third-order valence-corrected chi connectivity index (χ3v) is 4.47. The van der Waals surface area contributed by atoms with Gasteiger partial charge in [0.25, 0.3) is 0 Å². The fourth-order valence-electron chi connectivity index (χ4n) is 2.40. The summed E-state index contributed by atoms with van der Waals surface area (Å²) in [4.78, 5) is 45.7. The number of halogens is 1. The molecule has 0 radical (unpaired) electrons. The molecule has 0 aliphatic heterocycles. The second-order valence-corrected chi connectivity index (χ2v) is 7.36. The number of rotatable bonds is 21. The first-order chi connectivity index (χ1) is 14.9. The largest absolute Gasteiger partial charge is 0.480 e. The van der Waals surface area contributed by atoms with Gasteiger partial charge in [0.2, 0.25) is 11.8 Å². The average molecular weight is 511 g/mol. The first-order valence-electron chi connectivity index (χ1n) is 10.5. The van der Waals surface area contributed by atoms with Gasteiger partial charge in [-0.3, -0.25) is 14.4 Å². The molecule has 0 aliphatic rings. The molecule has 0 spiro atoms. The summed E-state index contributed by atoms with van der Waals surface area (Å²) >= 11 is 3.04. The smallest absolute Gasteiger partial charge is 0.326 e. The summed E-state index contributed by atoms with van der Waals surface area (Å²) in [5.74, 6) is -1.72. The second kappa shape index (κ2) is 20.3. The molecule has 3 N–H and O–H groups in total. The Balaban J connectivity index is 3.72. The van der Waals surface area contributed by atoms with Crippen molar-refractivity contribution in [2.24, 2.45) is 0 Å². The number of ketones is 1. The molecule has 0 fully saturated rings. The number of nitrogens with one attached hydrogen (secondary N) is 2. The van der Waals surface area contributed by atoms with Crippen LogP contribution in [0.5, 0.6) is 0 Å². The molecule has 180 valence electrons. The van der Waals surface area contributed by atoms with Crippen LogP contribution in [0.3, 0.4) is 0 Å². The maximum absolute atomic E-state index is 11.8. The van der Waals surface area contributed by atoms with Gasteiger partial charge in [0.15, 0.2) is 5.78 Å². The van der Waals surface area contributed by atoms with E-state index in [1.54, 1.807) is 0 Å². The van der Waals surface area contributed by atoms with Gasteiger partial charge in [-0.1, -0.05) is 22.9 Å². The van der Waals surface area contributed by atoms with E-state index < -0.39 is 17.9 Å². The number of Topliss-reactive ketones (excluding diaryl/α,β-unsaturated/α-hetero) is 1. The summed E-state index contributed by atoms with van der Waals surface area (Å²) in [6.45, 7) is 3.76. The van der Waals surface area contributed by atoms with Gasteiger partial charge in [0.05, 0.1) is 18.5 Å². The Labute approximate surface area is 191 Å². The van der Waals surface area contributed by atoms with Gasteiger partial charge < -0.3 is 30.0 Å². The van der Waals surface area contributed by atoms with Gasteiger partial charge in [0, 0.05) is 26.2 Å². The molecule has 0 aromatic rings. The Kier molecular flexibility index (Phi) is 19.3. The molecular formula is C20H35BrN2O8. The minimum absolute atomic E-state index is 0.0432. The fraction of sp³-hybridized carbons (Fsp3) is 0.800. The van der Waals surface area contributed by atoms with Gasteiger partial charge in [-0.15, -0.1) is 0 Å². The molecule has 11 heteroatoms. The summed E-state index contributed by atoms with van der Waals surface area (Å²) in [7, 11) is 0. The van der Waals surface area contributed by atoms with E-state index in [1.807, 2.05) is 6.92 Å². The molecular weight excluding hydrogens is 476 g/mol. The highest BCUT2D eigenvalue weighted by Gasteiger charge is 2.19. The van der Waals surface area contributed by atoms with Crippen LogP contribution in [0.1, 0.15) is 45.4 Å². The molecule has 1 atom stereocenters. The van der Waals surface area contributed by atoms with Gasteiger partial charge in [-0.25, -0.2) is 4.79 Å². The Morgan fingerprint density at radius 1 is 0.903 bits per heavy atom. The SMILES string of the molecule is CCCOCC(=O)CCCOCCOCC(=O)N[C@H](CCCCNC(=O)CBr)C(=O)O. The Hall–Kier alpha value is -1.56. The van der Waals surface area contributed by atoms with E-state index in [2.05, 4.69) is 26.6 Å². The van der Waals surface area contributed by atoms with E-state index in [9.17, 15) is 24.3 Å². The van der Waals surface area contributed by atoms with Crippen molar-refractivity contribution in [3.8, 4) is 0 Å². The van der Waals surface area contributed by atoms with Crippen LogP contribution in [0, 0.1) is 0 Å². The molecule has 31 heavy (non-hydrogen) atoms. The third kappa shape index (κ3) is 18.9. The zero-order valence-electron chi connectivity index (χ0n) is 18.2. The van der Waals surface area contributed by atoms with Gasteiger partial charge >= 0.3 is 5.97 Å². The Bertz CT molecular complexity index is 533. The number of carboxylic acid groups (broad SMARTS) is 1. The van der Waals surface area contributed by atoms with Crippen molar-refractivity contribution >= 4 is 39.5 Å². The van der Waals surface area contributed by atoms with Crippen LogP contribution in [-0.2, 0) is 33.4 Å². The summed E-state index contributed by atoms with van der Waals surface area (Å²) in [6.07, 6.45) is 3.29. The minimum Gasteiger partial charge on any atom is -0.480 e. The Morgan fingerprint density at radius 3 is 2.29 bits per heavy atom. The number of hydrogen-bond donors (Lipinski definition) is 3. The number of ether oxygens (including phenoxy) is 3. The number of alkyl halides is 1. The van der Waals surface area contributed by atoms with Crippen LogP contribution < -0.4 is 10.6 Å². The van der Waals surface area contributed by atoms with Crippen molar-refractivity contribution in [2.75, 3.05) is 51.5 Å². The zero-order chi connectivity index (χ0) is 23.3. The predicted octanol–water partition coefficient (Wildman–Crippen LogP) is 1.05. The van der Waals surface area contributed by atoms with E-state index in [0.29, 0.717) is 45.4 Å². The van der Waals surface area contributed by atoms with Crippen LogP contribution in [0.2, 0.25) is 0 Å². The van der Waals surface area contributed by atoms with Crippen molar-refractivity contribution in [3.63, 3.8) is 0 Å². The number of carbonyl (C=O) groups is 4. The highest BCUT2D eigenvalue weighted by molar-refractivity contribution is 9.09. The van der Waals surface area contributed by atoms with Crippen molar-refractivity contribution < 1.29 is 38.5 Å².